The van der Waals surface area contributed by atoms with Gasteiger partial charge in [0, 0.05) is 53.0 Å². The Morgan fingerprint density at radius 1 is 0.805 bits per heavy atom. The molecule has 0 radical (unpaired) electrons. The Bertz CT molecular complexity index is 3330. The first kappa shape index (κ1) is 61.2. The van der Waals surface area contributed by atoms with Crippen LogP contribution in [0.5, 0.6) is 0 Å². The molecule has 5 heterocycles. The molecular weight excluding hydrogens is 1060 g/mol. The molecule has 3 unspecified atom stereocenters. The fourth-order valence-electron chi connectivity index (χ4n) is 10.3. The number of esters is 1. The lowest BCUT2D eigenvalue weighted by atomic mass is 9.69. The van der Waals surface area contributed by atoms with Crippen molar-refractivity contribution >= 4 is 63.9 Å². The average molecular weight is 1130 g/mol. The molecule has 6 N–H and O–H groups in total. The molecule has 0 saturated carbocycles. The highest BCUT2D eigenvalue weighted by atomic mass is 19.1. The molecular formula is C60H69FN8O13. The minimum absolute atomic E-state index is 0.0736. The number of hydrogen-bond acceptors (Lipinski definition) is 14. The Morgan fingerprint density at radius 3 is 2.18 bits per heavy atom. The number of ether oxygens (including phenoxy) is 3. The summed E-state index contributed by atoms with van der Waals surface area (Å²) in [4.78, 5) is 120. The van der Waals surface area contributed by atoms with E-state index in [-0.39, 0.29) is 76.1 Å². The number of aromatic nitrogens is 2. The molecule has 7 amide bonds. The molecule has 4 aliphatic rings. The van der Waals surface area contributed by atoms with Crippen molar-refractivity contribution < 1.29 is 62.1 Å². The summed E-state index contributed by atoms with van der Waals surface area (Å²) in [5, 5.41) is 24.1. The second-order valence-electron chi connectivity index (χ2n) is 19.7. The Hall–Kier alpha value is -8.47. The summed E-state index contributed by atoms with van der Waals surface area (Å²) < 4.78 is 33.8. The zero-order chi connectivity index (χ0) is 59.3. The zero-order valence-electron chi connectivity index (χ0n) is 46.8. The lowest BCUT2D eigenvalue weighted by Gasteiger charge is -2.37. The summed E-state index contributed by atoms with van der Waals surface area (Å²) in [7, 11) is 0. The Kier molecular flexibility index (Phi) is 20.7. The molecule has 0 saturated heterocycles. The molecule has 22 heteroatoms. The number of cyclic esters (lactones) is 1. The van der Waals surface area contributed by atoms with E-state index in [1.807, 2.05) is 34.6 Å². The predicted molar refractivity (Wildman–Crippen MR) is 300 cm³/mol. The number of nitrogens with one attached hydrogen (secondary N) is 5. The van der Waals surface area contributed by atoms with Crippen LogP contribution < -0.4 is 37.0 Å². The van der Waals surface area contributed by atoms with Gasteiger partial charge in [0.2, 0.25) is 29.5 Å². The highest BCUT2D eigenvalue weighted by molar-refractivity contribution is 6.28. The summed E-state index contributed by atoms with van der Waals surface area (Å²) in [6.45, 7) is 10.6. The number of rotatable bonds is 22. The molecule has 0 spiro atoms. The molecule has 82 heavy (non-hydrogen) atoms. The average Bonchev–Trinajstić information content (AvgIpc) is 4.23. The minimum atomic E-state index is -1.62. The number of benzene rings is 3. The lowest BCUT2D eigenvalue weighted by molar-refractivity contribution is -0.157. The van der Waals surface area contributed by atoms with Crippen LogP contribution in [-0.4, -0.2) is 114 Å². The van der Waals surface area contributed by atoms with Crippen molar-refractivity contribution in [3.63, 3.8) is 0 Å². The molecule has 5 aromatic rings. The van der Waals surface area contributed by atoms with Gasteiger partial charge < -0.3 is 50.5 Å². The standard InChI is InChI=1S/C56H57FN8O13.2C2H6/c1-31-35-17-18-56(2,50-37-27-64-42(51(37)63-40(49(35)50)23-39(31)57)22-36-38(54(64)74)28-78-55(75)52(36)72)29-76-19-20-77-30-61-45(68)25-60-53(73)41(21-33-7-4-3-5-8-33)62-46(69)26-59-44(67)24-58-43(66)10-6-9-32-11-13-34(14-12-32)65-47(70)15-16-48(65)71;2*1-2/h3-5,7-8,11-16,22-23,41,52,72H,6,9-10,17-21,24-30H2,1-2H3,(H,58,66)(H,59,67)(H,60,73)(H,61,68)(H,62,69);2*1-2H3. The quantitative estimate of drug-likeness (QED) is 0.0244. The van der Waals surface area contributed by atoms with Gasteiger partial charge in [-0.1, -0.05) is 77.1 Å². The third-order valence-corrected chi connectivity index (χ3v) is 14.4. The van der Waals surface area contributed by atoms with Gasteiger partial charge in [0.15, 0.2) is 6.10 Å². The molecule has 3 aromatic carbocycles. The van der Waals surface area contributed by atoms with Crippen molar-refractivity contribution in [2.45, 2.75) is 111 Å². The summed E-state index contributed by atoms with van der Waals surface area (Å²) in [5.41, 5.74) is 5.68. The number of imide groups is 1. The number of carbonyl (C=O) groups is 8. The van der Waals surface area contributed by atoms with Gasteiger partial charge in [0.05, 0.1) is 74.2 Å². The number of hydrogen-bond donors (Lipinski definition) is 6. The van der Waals surface area contributed by atoms with Gasteiger partial charge in [-0.3, -0.25) is 38.4 Å². The van der Waals surface area contributed by atoms with E-state index in [4.69, 9.17) is 19.2 Å². The van der Waals surface area contributed by atoms with Crippen LogP contribution in [0.25, 0.3) is 22.3 Å². The van der Waals surface area contributed by atoms with E-state index in [0.717, 1.165) is 38.1 Å². The van der Waals surface area contributed by atoms with E-state index in [1.165, 1.54) is 18.2 Å². The van der Waals surface area contributed by atoms with Crippen molar-refractivity contribution in [3.05, 3.63) is 140 Å². The Labute approximate surface area is 473 Å². The molecule has 2 aromatic heterocycles. The summed E-state index contributed by atoms with van der Waals surface area (Å²) >= 11 is 0. The maximum atomic E-state index is 15.4. The van der Waals surface area contributed by atoms with Gasteiger partial charge in [0.25, 0.3) is 17.4 Å². The van der Waals surface area contributed by atoms with Crippen LogP contribution >= 0.6 is 0 Å². The smallest absolute Gasteiger partial charge is 0.340 e. The fraction of sp³-hybridized carbons (Fsp3) is 0.400. The van der Waals surface area contributed by atoms with E-state index in [1.54, 1.807) is 72.2 Å². The summed E-state index contributed by atoms with van der Waals surface area (Å²) in [6.07, 6.45) is 3.11. The molecule has 3 aliphatic heterocycles. The summed E-state index contributed by atoms with van der Waals surface area (Å²) in [5.74, 6) is -5.01. The van der Waals surface area contributed by atoms with Gasteiger partial charge in [-0.2, -0.15) is 0 Å². The van der Waals surface area contributed by atoms with E-state index in [0.29, 0.717) is 53.8 Å². The highest BCUT2D eigenvalue weighted by Gasteiger charge is 2.42. The molecule has 0 fully saturated rings. The van der Waals surface area contributed by atoms with Crippen LogP contribution in [-0.2, 0) is 90.4 Å². The number of aliphatic hydroxyl groups excluding tert-OH is 1. The fourth-order valence-corrected chi connectivity index (χ4v) is 10.3. The zero-order valence-corrected chi connectivity index (χ0v) is 46.8. The van der Waals surface area contributed by atoms with Gasteiger partial charge in [-0.15, -0.1) is 0 Å². The van der Waals surface area contributed by atoms with Gasteiger partial charge in [-0.25, -0.2) is 19.1 Å². The largest absolute Gasteiger partial charge is 0.458 e. The van der Waals surface area contributed by atoms with Crippen molar-refractivity contribution in [3.8, 4) is 11.4 Å². The van der Waals surface area contributed by atoms with E-state index in [2.05, 4.69) is 26.6 Å². The first-order valence-corrected chi connectivity index (χ1v) is 27.5. The van der Waals surface area contributed by atoms with E-state index < -0.39 is 83.4 Å². The van der Waals surface area contributed by atoms with Crippen molar-refractivity contribution in [1.29, 1.82) is 0 Å². The molecule has 0 bridgehead atoms. The number of halogens is 1. The van der Waals surface area contributed by atoms with Crippen LogP contribution in [0.3, 0.4) is 0 Å². The molecule has 3 atom stereocenters. The van der Waals surface area contributed by atoms with Crippen molar-refractivity contribution in [2.24, 2.45) is 0 Å². The number of nitrogens with zero attached hydrogens (tertiary/aromatic N) is 3. The first-order chi connectivity index (χ1) is 39.5. The monoisotopic (exact) mass is 1130 g/mol. The van der Waals surface area contributed by atoms with Gasteiger partial charge >= 0.3 is 5.97 Å². The second-order valence-corrected chi connectivity index (χ2v) is 19.7. The van der Waals surface area contributed by atoms with Gasteiger partial charge in [0.1, 0.15) is 25.2 Å². The Morgan fingerprint density at radius 2 is 1.46 bits per heavy atom. The van der Waals surface area contributed by atoms with Crippen LogP contribution in [0.15, 0.2) is 83.7 Å². The summed E-state index contributed by atoms with van der Waals surface area (Å²) in [6, 6.07) is 17.6. The van der Waals surface area contributed by atoms with Crippen LogP contribution in [0.1, 0.15) is 104 Å². The molecule has 21 nitrogen and oxygen atoms in total. The number of aryl methyl sites for hydroxylation is 2. The minimum Gasteiger partial charge on any atom is -0.458 e. The number of fused-ring (bicyclic) bond motifs is 5. The number of pyridine rings is 2. The first-order valence-electron chi connectivity index (χ1n) is 27.5. The van der Waals surface area contributed by atoms with E-state index in [9.17, 15) is 48.3 Å². The Balaban J connectivity index is 0.00000237. The highest BCUT2D eigenvalue weighted by Crippen LogP contribution is 2.48. The van der Waals surface area contributed by atoms with Crippen LogP contribution in [0.2, 0.25) is 0 Å². The lowest BCUT2D eigenvalue weighted by Crippen LogP contribution is -2.52. The number of amides is 7. The van der Waals surface area contributed by atoms with Crippen LogP contribution in [0, 0.1) is 12.7 Å². The van der Waals surface area contributed by atoms with Crippen molar-refractivity contribution in [1.82, 2.24) is 36.1 Å². The second kappa shape index (κ2) is 27.8. The van der Waals surface area contributed by atoms with Gasteiger partial charge in [-0.05, 0) is 78.6 Å². The molecule has 9 rings (SSSR count). The normalized spacial score (nSPS) is 16.5. The third kappa shape index (κ3) is 14.0. The maximum absolute atomic E-state index is 15.4. The molecule has 434 valence electrons. The third-order valence-electron chi connectivity index (χ3n) is 14.4. The molecule has 1 aliphatic carbocycles. The number of carbonyl (C=O) groups excluding carboxylic acids is 8. The number of anilines is 1. The predicted octanol–water partition coefficient (Wildman–Crippen LogP) is 3.85. The number of aliphatic hydroxyl groups is 1. The van der Waals surface area contributed by atoms with Crippen molar-refractivity contribution in [2.75, 3.05) is 51.1 Å². The van der Waals surface area contributed by atoms with Crippen LogP contribution in [0.4, 0.5) is 10.1 Å². The van der Waals surface area contributed by atoms with E-state index >= 15 is 4.39 Å². The topological polar surface area (TPSA) is 283 Å². The SMILES string of the molecule is CC.CC.Cc1c(F)cc2nc3c(c4c2c1CCC4(C)COCCOCNC(=O)CNC(=O)C(Cc1ccccc1)NC(=O)CNC(=O)CNC(=O)CCCc1ccc(N2C(=O)C=CC2=O)cc1)Cn1c-3cc2c(c1=O)COC(=O)C2O. The maximum Gasteiger partial charge on any atom is 0.340 e.